The quantitative estimate of drug-likeness (QED) is 0.602. The largest absolute Gasteiger partial charge is 0.493 e. The third-order valence-corrected chi connectivity index (χ3v) is 6.37. The number of methoxy groups -OCH3 is 2. The van der Waals surface area contributed by atoms with E-state index in [0.29, 0.717) is 30.2 Å². The van der Waals surface area contributed by atoms with Crippen molar-refractivity contribution < 1.29 is 19.1 Å². The molecule has 33 heavy (non-hydrogen) atoms. The van der Waals surface area contributed by atoms with Crippen molar-refractivity contribution >= 4 is 22.6 Å². The predicted molar refractivity (Wildman–Crippen MR) is 129 cm³/mol. The van der Waals surface area contributed by atoms with Gasteiger partial charge in [-0.25, -0.2) is 0 Å². The Hall–Kier alpha value is -3.54. The monoisotopic (exact) mass is 446 g/mol. The second kappa shape index (κ2) is 9.94. The van der Waals surface area contributed by atoms with Crippen molar-refractivity contribution in [1.82, 2.24) is 10.2 Å². The zero-order valence-electron chi connectivity index (χ0n) is 19.3. The first-order chi connectivity index (χ1) is 16.0. The average molecular weight is 447 g/mol. The van der Waals surface area contributed by atoms with E-state index in [-0.39, 0.29) is 23.8 Å². The maximum absolute atomic E-state index is 13.3. The number of nitrogens with zero attached hydrogens (tertiary/aromatic N) is 1. The number of ether oxygens (including phenoxy) is 2. The van der Waals surface area contributed by atoms with E-state index in [1.54, 1.807) is 14.2 Å². The summed E-state index contributed by atoms with van der Waals surface area (Å²) in [6, 6.07) is 19.1. The molecular formula is C27H30N2O4. The molecule has 1 aliphatic heterocycles. The molecule has 4 rings (SSSR count). The molecule has 0 aliphatic carbocycles. The highest BCUT2D eigenvalue weighted by molar-refractivity contribution is 6.07. The normalized spacial score (nSPS) is 16.8. The van der Waals surface area contributed by atoms with Crippen LogP contribution >= 0.6 is 0 Å². The Kier molecular flexibility index (Phi) is 6.82. The molecule has 172 valence electrons. The Labute approximate surface area is 194 Å². The molecule has 6 heteroatoms. The number of likely N-dealkylation sites (tertiary alicyclic amines) is 1. The average Bonchev–Trinajstić information content (AvgIpc) is 2.87. The van der Waals surface area contributed by atoms with Gasteiger partial charge in [-0.3, -0.25) is 9.59 Å². The van der Waals surface area contributed by atoms with Gasteiger partial charge in [-0.1, -0.05) is 42.5 Å². The van der Waals surface area contributed by atoms with Crippen LogP contribution in [0.25, 0.3) is 10.8 Å². The van der Waals surface area contributed by atoms with Gasteiger partial charge in [0.15, 0.2) is 11.5 Å². The highest BCUT2D eigenvalue weighted by Gasteiger charge is 2.30. The molecule has 0 aromatic heterocycles. The van der Waals surface area contributed by atoms with E-state index in [1.807, 2.05) is 72.5 Å². The lowest BCUT2D eigenvalue weighted by Gasteiger charge is -2.33. The Morgan fingerprint density at radius 2 is 1.76 bits per heavy atom. The van der Waals surface area contributed by atoms with E-state index in [2.05, 4.69) is 5.32 Å². The van der Waals surface area contributed by atoms with Crippen molar-refractivity contribution in [2.75, 3.05) is 27.3 Å². The van der Waals surface area contributed by atoms with Gasteiger partial charge in [0.05, 0.1) is 26.2 Å². The lowest BCUT2D eigenvalue weighted by atomic mass is 9.95. The number of amides is 2. The molecule has 6 nitrogen and oxygen atoms in total. The van der Waals surface area contributed by atoms with Crippen LogP contribution in [0, 0.1) is 5.92 Å². The van der Waals surface area contributed by atoms with Crippen LogP contribution < -0.4 is 14.8 Å². The fraction of sp³-hybridized carbons (Fsp3) is 0.333. The Balaban J connectivity index is 1.45. The molecular weight excluding hydrogens is 416 g/mol. The second-order valence-electron chi connectivity index (χ2n) is 8.46. The molecule has 0 radical (unpaired) electrons. The Morgan fingerprint density at radius 1 is 1.00 bits per heavy atom. The molecule has 2 atom stereocenters. The molecule has 2 unspecified atom stereocenters. The number of hydrogen-bond acceptors (Lipinski definition) is 4. The van der Waals surface area contributed by atoms with Gasteiger partial charge >= 0.3 is 0 Å². The summed E-state index contributed by atoms with van der Waals surface area (Å²) in [7, 11) is 3.19. The van der Waals surface area contributed by atoms with Crippen molar-refractivity contribution in [3.05, 3.63) is 71.8 Å². The topological polar surface area (TPSA) is 67.9 Å². The van der Waals surface area contributed by atoms with E-state index in [9.17, 15) is 9.59 Å². The molecule has 0 saturated carbocycles. The maximum atomic E-state index is 13.3. The van der Waals surface area contributed by atoms with Gasteiger partial charge in [0.1, 0.15) is 0 Å². The number of carbonyl (C=O) groups is 2. The van der Waals surface area contributed by atoms with E-state index >= 15 is 0 Å². The predicted octanol–water partition coefficient (Wildman–Crippen LogP) is 4.59. The summed E-state index contributed by atoms with van der Waals surface area (Å²) in [5.41, 5.74) is 1.62. The number of benzene rings is 3. The van der Waals surface area contributed by atoms with Crippen LogP contribution in [-0.4, -0.2) is 44.0 Å². The minimum absolute atomic E-state index is 0.0164. The van der Waals surface area contributed by atoms with Gasteiger partial charge in [0.25, 0.3) is 5.91 Å². The van der Waals surface area contributed by atoms with Crippen molar-refractivity contribution in [1.29, 1.82) is 0 Å². The van der Waals surface area contributed by atoms with E-state index in [4.69, 9.17) is 9.47 Å². The summed E-state index contributed by atoms with van der Waals surface area (Å²) in [5.74, 6) is 0.987. The molecule has 0 bridgehead atoms. The molecule has 1 N–H and O–H groups in total. The molecule has 1 saturated heterocycles. The Morgan fingerprint density at radius 3 is 2.55 bits per heavy atom. The summed E-state index contributed by atoms with van der Waals surface area (Å²) < 4.78 is 10.7. The zero-order chi connectivity index (χ0) is 23.4. The second-order valence-corrected chi connectivity index (χ2v) is 8.46. The molecule has 3 aromatic rings. The standard InChI is InChI=1S/C27H30N2O4/c1-18(20-13-14-24(32-2)25(16-20)33-3)28-26(30)21-10-7-15-29(17-21)27(31)23-12-6-9-19-8-4-5-11-22(19)23/h4-6,8-9,11-14,16,18,21H,7,10,15,17H2,1-3H3,(H,28,30). The van der Waals surface area contributed by atoms with Crippen LogP contribution in [0.3, 0.4) is 0 Å². The highest BCUT2D eigenvalue weighted by atomic mass is 16.5. The first-order valence-corrected chi connectivity index (χ1v) is 11.3. The van der Waals surface area contributed by atoms with Gasteiger partial charge in [-0.15, -0.1) is 0 Å². The number of hydrogen-bond donors (Lipinski definition) is 1. The summed E-state index contributed by atoms with van der Waals surface area (Å²) >= 11 is 0. The van der Waals surface area contributed by atoms with Crippen molar-refractivity contribution in [3.8, 4) is 11.5 Å². The zero-order valence-corrected chi connectivity index (χ0v) is 19.3. The number of piperidine rings is 1. The fourth-order valence-electron chi connectivity index (χ4n) is 4.49. The van der Waals surface area contributed by atoms with Gasteiger partial charge in [-0.2, -0.15) is 0 Å². The number of rotatable bonds is 6. The van der Waals surface area contributed by atoms with Gasteiger partial charge < -0.3 is 19.7 Å². The minimum atomic E-state index is -0.236. The van der Waals surface area contributed by atoms with Crippen molar-refractivity contribution in [2.24, 2.45) is 5.92 Å². The molecule has 1 aliphatic rings. The first kappa shape index (κ1) is 22.6. The first-order valence-electron chi connectivity index (χ1n) is 11.3. The smallest absolute Gasteiger partial charge is 0.254 e. The minimum Gasteiger partial charge on any atom is -0.493 e. The fourth-order valence-corrected chi connectivity index (χ4v) is 4.49. The summed E-state index contributed by atoms with van der Waals surface area (Å²) in [5, 5.41) is 5.09. The summed E-state index contributed by atoms with van der Waals surface area (Å²) in [4.78, 5) is 28.2. The van der Waals surface area contributed by atoms with Crippen LogP contribution in [0.4, 0.5) is 0 Å². The van der Waals surface area contributed by atoms with Crippen LogP contribution in [-0.2, 0) is 4.79 Å². The van der Waals surface area contributed by atoms with E-state index in [0.717, 1.165) is 29.2 Å². The highest BCUT2D eigenvalue weighted by Crippen LogP contribution is 2.30. The number of nitrogens with one attached hydrogen (secondary N) is 1. The molecule has 1 heterocycles. The molecule has 1 fully saturated rings. The molecule has 0 spiro atoms. The molecule has 3 aromatic carbocycles. The summed E-state index contributed by atoms with van der Waals surface area (Å²) in [6.07, 6.45) is 1.57. The number of carbonyl (C=O) groups excluding carboxylic acids is 2. The summed E-state index contributed by atoms with van der Waals surface area (Å²) in [6.45, 7) is 3.03. The van der Waals surface area contributed by atoms with Crippen LogP contribution in [0.1, 0.15) is 41.7 Å². The number of fused-ring (bicyclic) bond motifs is 1. The SMILES string of the molecule is COc1ccc(C(C)NC(=O)C2CCCN(C(=O)c3cccc4ccccc34)C2)cc1OC. The van der Waals surface area contributed by atoms with Crippen LogP contribution in [0.15, 0.2) is 60.7 Å². The van der Waals surface area contributed by atoms with E-state index < -0.39 is 0 Å². The van der Waals surface area contributed by atoms with Crippen LogP contribution in [0.5, 0.6) is 11.5 Å². The van der Waals surface area contributed by atoms with Gasteiger partial charge in [0, 0.05) is 18.7 Å². The Bertz CT molecular complexity index is 1150. The van der Waals surface area contributed by atoms with Crippen molar-refractivity contribution in [2.45, 2.75) is 25.8 Å². The molecule has 2 amide bonds. The van der Waals surface area contributed by atoms with E-state index in [1.165, 1.54) is 0 Å². The lowest BCUT2D eigenvalue weighted by molar-refractivity contribution is -0.127. The third-order valence-electron chi connectivity index (χ3n) is 6.37. The third kappa shape index (κ3) is 4.80. The maximum Gasteiger partial charge on any atom is 0.254 e. The van der Waals surface area contributed by atoms with Gasteiger partial charge in [0.2, 0.25) is 5.91 Å². The lowest BCUT2D eigenvalue weighted by Crippen LogP contribution is -2.45. The van der Waals surface area contributed by atoms with Gasteiger partial charge in [-0.05, 0) is 54.3 Å². The van der Waals surface area contributed by atoms with Crippen molar-refractivity contribution in [3.63, 3.8) is 0 Å². The van der Waals surface area contributed by atoms with Crippen LogP contribution in [0.2, 0.25) is 0 Å².